The summed E-state index contributed by atoms with van der Waals surface area (Å²) in [7, 11) is 0. The first kappa shape index (κ1) is 31.4. The van der Waals surface area contributed by atoms with Gasteiger partial charge in [-0.05, 0) is 54.5 Å². The minimum Gasteiger partial charge on any atom is -0.485 e. The van der Waals surface area contributed by atoms with Crippen LogP contribution in [-0.4, -0.2) is 26.4 Å². The quantitative estimate of drug-likeness (QED) is 0.160. The number of nitrogens with zero attached hydrogens (tertiary/aromatic N) is 4. The van der Waals surface area contributed by atoms with Crippen LogP contribution in [-0.2, 0) is 30.4 Å². The zero-order valence-electron chi connectivity index (χ0n) is 24.7. The number of benzene rings is 3. The van der Waals surface area contributed by atoms with E-state index in [4.69, 9.17) is 4.74 Å². The van der Waals surface area contributed by atoms with E-state index in [1.54, 1.807) is 6.07 Å². The number of carbonyl (C=O) groups excluding carboxylic acids is 1. The van der Waals surface area contributed by atoms with Crippen LogP contribution >= 0.6 is 23.1 Å². The van der Waals surface area contributed by atoms with Crippen molar-refractivity contribution < 1.29 is 22.7 Å². The summed E-state index contributed by atoms with van der Waals surface area (Å²) in [4.78, 5) is 14.2. The molecule has 1 aliphatic rings. The van der Waals surface area contributed by atoms with Gasteiger partial charge in [-0.2, -0.15) is 18.4 Å². The third-order valence-corrected chi connectivity index (χ3v) is 9.79. The molecule has 234 valence electrons. The summed E-state index contributed by atoms with van der Waals surface area (Å²) in [6.07, 6.45) is -2.01. The number of fused-ring (bicyclic) bond motifs is 1. The fourth-order valence-electron chi connectivity index (χ4n) is 5.48. The van der Waals surface area contributed by atoms with Crippen molar-refractivity contribution in [1.82, 2.24) is 14.8 Å². The van der Waals surface area contributed by atoms with E-state index in [2.05, 4.69) is 28.5 Å². The average Bonchev–Trinajstić information content (AvgIpc) is 3.62. The number of carbonyl (C=O) groups is 1. The van der Waals surface area contributed by atoms with Gasteiger partial charge in [-0.3, -0.25) is 9.36 Å². The van der Waals surface area contributed by atoms with Crippen LogP contribution in [0.25, 0.3) is 16.8 Å². The van der Waals surface area contributed by atoms with Gasteiger partial charge in [-0.25, -0.2) is 0 Å². The van der Waals surface area contributed by atoms with Crippen molar-refractivity contribution in [3.05, 3.63) is 106 Å². The molecule has 2 aromatic heterocycles. The fraction of sp³-hybridized carbons (Fsp3) is 0.235. The molecule has 1 N–H and O–H groups in total. The molecule has 12 heteroatoms. The van der Waals surface area contributed by atoms with Crippen molar-refractivity contribution >= 4 is 34.0 Å². The summed E-state index contributed by atoms with van der Waals surface area (Å²) >= 11 is 2.37. The molecule has 6 rings (SSSR count). The maximum atomic E-state index is 14.2. The molecular weight excluding hydrogens is 632 g/mol. The highest BCUT2D eigenvalue weighted by Crippen LogP contribution is 2.40. The van der Waals surface area contributed by atoms with Crippen molar-refractivity contribution in [1.29, 1.82) is 5.26 Å². The van der Waals surface area contributed by atoms with Gasteiger partial charge in [0, 0.05) is 10.4 Å². The van der Waals surface area contributed by atoms with Gasteiger partial charge in [0.05, 0.1) is 22.6 Å². The van der Waals surface area contributed by atoms with Gasteiger partial charge in [0.25, 0.3) is 0 Å². The lowest BCUT2D eigenvalue weighted by Crippen LogP contribution is -2.16. The zero-order valence-corrected chi connectivity index (χ0v) is 26.3. The number of alkyl halides is 3. The van der Waals surface area contributed by atoms with Gasteiger partial charge in [-0.1, -0.05) is 79.3 Å². The minimum absolute atomic E-state index is 0.0987. The monoisotopic (exact) mass is 659 g/mol. The Balaban J connectivity index is 1.27. The predicted octanol–water partition coefficient (Wildman–Crippen LogP) is 8.32. The summed E-state index contributed by atoms with van der Waals surface area (Å²) in [6.45, 7) is 1.98. The molecule has 5 aromatic rings. The number of amides is 1. The first-order valence-corrected chi connectivity index (χ1v) is 16.4. The van der Waals surface area contributed by atoms with E-state index >= 15 is 0 Å². The normalized spacial score (nSPS) is 14.4. The number of hydrogen-bond donors (Lipinski definition) is 1. The molecule has 0 spiro atoms. The van der Waals surface area contributed by atoms with Crippen molar-refractivity contribution in [3.63, 3.8) is 0 Å². The van der Waals surface area contributed by atoms with Crippen molar-refractivity contribution in [2.75, 3.05) is 11.1 Å². The number of rotatable bonds is 9. The number of nitrogens with one attached hydrogen (secondary N) is 1. The number of ether oxygens (including phenoxy) is 1. The lowest BCUT2D eigenvalue weighted by atomic mass is 9.89. The summed E-state index contributed by atoms with van der Waals surface area (Å²) in [5.74, 6) is 0.610. The average molecular weight is 660 g/mol. The Morgan fingerprint density at radius 3 is 2.61 bits per heavy atom. The van der Waals surface area contributed by atoms with Crippen LogP contribution in [0.2, 0.25) is 0 Å². The Labute approximate surface area is 272 Å². The van der Waals surface area contributed by atoms with Gasteiger partial charge < -0.3 is 10.1 Å². The topological polar surface area (TPSA) is 92.8 Å². The summed E-state index contributed by atoms with van der Waals surface area (Å²) in [5, 5.41) is 21.6. The van der Waals surface area contributed by atoms with E-state index in [1.165, 1.54) is 34.1 Å². The predicted molar refractivity (Wildman–Crippen MR) is 172 cm³/mol. The maximum Gasteiger partial charge on any atom is 0.418 e. The molecular formula is C34H28F3N5O2S2. The number of aromatic nitrogens is 3. The molecule has 1 aliphatic carbocycles. The Morgan fingerprint density at radius 1 is 1.09 bits per heavy atom. The number of halogens is 3. The minimum atomic E-state index is -4.65. The van der Waals surface area contributed by atoms with Gasteiger partial charge >= 0.3 is 6.18 Å². The van der Waals surface area contributed by atoms with E-state index in [0.717, 1.165) is 58.7 Å². The second-order valence-electron chi connectivity index (χ2n) is 10.9. The van der Waals surface area contributed by atoms with Crippen LogP contribution in [0, 0.1) is 17.2 Å². The highest BCUT2D eigenvalue weighted by molar-refractivity contribution is 7.99. The number of anilines is 1. The molecule has 0 bridgehead atoms. The number of para-hydroxylation sites is 2. The van der Waals surface area contributed by atoms with Crippen LogP contribution in [0.1, 0.15) is 40.7 Å². The van der Waals surface area contributed by atoms with E-state index in [-0.39, 0.29) is 29.0 Å². The fourth-order valence-corrected chi connectivity index (χ4v) is 7.62. The molecule has 2 heterocycles. The molecule has 0 radical (unpaired) electrons. The third-order valence-electron chi connectivity index (χ3n) is 7.69. The van der Waals surface area contributed by atoms with Crippen LogP contribution in [0.3, 0.4) is 0 Å². The van der Waals surface area contributed by atoms with Crippen LogP contribution in [0.15, 0.2) is 84.0 Å². The van der Waals surface area contributed by atoms with Gasteiger partial charge in [0.1, 0.15) is 23.4 Å². The maximum absolute atomic E-state index is 14.2. The van der Waals surface area contributed by atoms with E-state index in [0.29, 0.717) is 22.2 Å². The Bertz CT molecular complexity index is 1910. The molecule has 46 heavy (non-hydrogen) atoms. The van der Waals surface area contributed by atoms with E-state index < -0.39 is 17.6 Å². The molecule has 1 atom stereocenters. The third kappa shape index (κ3) is 6.66. The number of thioether (sulfide) groups is 1. The lowest BCUT2D eigenvalue weighted by molar-refractivity contribution is -0.137. The number of hydrogen-bond acceptors (Lipinski definition) is 7. The SMILES string of the molecule is CC1CCc2c(sc(NC(=O)CSc3nnc(COc4ccccc4-c4ccccc4)n3-c3ccccc3C(F)(F)F)c2C#N)C1. The largest absolute Gasteiger partial charge is 0.485 e. The second kappa shape index (κ2) is 13.4. The second-order valence-corrected chi connectivity index (χ2v) is 13.0. The van der Waals surface area contributed by atoms with Crippen LogP contribution < -0.4 is 10.1 Å². The highest BCUT2D eigenvalue weighted by Gasteiger charge is 2.35. The zero-order chi connectivity index (χ0) is 32.3. The molecule has 3 aromatic carbocycles. The van der Waals surface area contributed by atoms with Gasteiger partial charge in [0.15, 0.2) is 11.0 Å². The molecule has 0 aliphatic heterocycles. The smallest absolute Gasteiger partial charge is 0.418 e. The number of nitriles is 1. The Morgan fingerprint density at radius 2 is 1.83 bits per heavy atom. The van der Waals surface area contributed by atoms with Crippen LogP contribution in [0.4, 0.5) is 18.2 Å². The molecule has 0 fully saturated rings. The van der Waals surface area contributed by atoms with E-state index in [1.807, 2.05) is 48.5 Å². The van der Waals surface area contributed by atoms with Crippen molar-refractivity contribution in [3.8, 4) is 28.6 Å². The van der Waals surface area contributed by atoms with Gasteiger partial charge in [-0.15, -0.1) is 21.5 Å². The molecule has 7 nitrogen and oxygen atoms in total. The summed E-state index contributed by atoms with van der Waals surface area (Å²) in [5.41, 5.74) is 2.18. The van der Waals surface area contributed by atoms with E-state index in [9.17, 15) is 23.2 Å². The molecule has 1 unspecified atom stereocenters. The number of thiophene rings is 1. The molecule has 1 amide bonds. The summed E-state index contributed by atoms with van der Waals surface area (Å²) < 4.78 is 49.9. The Kier molecular flexibility index (Phi) is 9.15. The molecule has 0 saturated heterocycles. The van der Waals surface area contributed by atoms with Crippen LogP contribution in [0.5, 0.6) is 5.75 Å². The van der Waals surface area contributed by atoms with Gasteiger partial charge in [0.2, 0.25) is 5.91 Å². The highest BCUT2D eigenvalue weighted by atomic mass is 32.2. The lowest BCUT2D eigenvalue weighted by Gasteiger charge is -2.17. The first-order valence-electron chi connectivity index (χ1n) is 14.6. The van der Waals surface area contributed by atoms with Crippen molar-refractivity contribution in [2.45, 2.75) is 44.1 Å². The standard InChI is InChI=1S/C34H28F3N5O2S2/c1-21-15-16-24-25(18-38)32(46-29(24)17-21)39-31(43)20-45-33-41-40-30(42(33)27-13-7-6-12-26(27)34(35,36)37)19-44-28-14-8-5-11-23(28)22-9-3-2-4-10-22/h2-14,21H,15-17,19-20H2,1H3,(H,39,43). The molecule has 0 saturated carbocycles. The first-order chi connectivity index (χ1) is 22.2. The Hall–Kier alpha value is -4.60. The van der Waals surface area contributed by atoms with Crippen molar-refractivity contribution in [2.24, 2.45) is 5.92 Å². The summed E-state index contributed by atoms with van der Waals surface area (Å²) in [6, 6.07) is 24.4.